The van der Waals surface area contributed by atoms with E-state index >= 15 is 0 Å². The molecule has 0 saturated carbocycles. The van der Waals surface area contributed by atoms with Gasteiger partial charge in [0.15, 0.2) is 0 Å². The van der Waals surface area contributed by atoms with E-state index in [1.807, 2.05) is 19.1 Å². The van der Waals surface area contributed by atoms with Crippen LogP contribution in [-0.4, -0.2) is 21.4 Å². The molecule has 0 unspecified atom stereocenters. The van der Waals surface area contributed by atoms with Crippen molar-refractivity contribution >= 4 is 78.3 Å². The molecule has 0 amide bonds. The Labute approximate surface area is 303 Å². The number of nitrogens with zero attached hydrogens (tertiary/aromatic N) is 4. The number of para-hydroxylation sites is 2. The molecular weight excluding hydrogens is 633 g/mol. The summed E-state index contributed by atoms with van der Waals surface area (Å²) in [5.74, 6) is 0. The monoisotopic (exact) mass is 670 g/mol. The number of allylic oxidation sites excluding steroid dienone is 12. The molecule has 0 saturated heterocycles. The smallest absolute Gasteiger partial charge is 0.115 e. The summed E-state index contributed by atoms with van der Waals surface area (Å²) in [4.78, 5) is 10.1. The van der Waals surface area contributed by atoms with Crippen LogP contribution in [0, 0.1) is 0 Å². The lowest BCUT2D eigenvalue weighted by Crippen LogP contribution is -2.15. The zero-order valence-corrected chi connectivity index (χ0v) is 29.4. The van der Waals surface area contributed by atoms with Crippen LogP contribution in [-0.2, 0) is 13.1 Å². The lowest BCUT2D eigenvalue weighted by atomic mass is 9.88. The summed E-state index contributed by atoms with van der Waals surface area (Å²) in [6.45, 7) is 18.6. The summed E-state index contributed by atoms with van der Waals surface area (Å²) in [6.07, 6.45) is 22.2. The summed E-state index contributed by atoms with van der Waals surface area (Å²) in [5.41, 5.74) is 12.8. The minimum atomic E-state index is 0.425. The molecule has 3 heterocycles. The van der Waals surface area contributed by atoms with Gasteiger partial charge in [-0.2, -0.15) is 0 Å². The van der Waals surface area contributed by atoms with Gasteiger partial charge in [0.05, 0.1) is 33.5 Å². The zero-order chi connectivity index (χ0) is 35.5. The predicted octanol–water partition coefficient (Wildman–Crippen LogP) is 12.2. The second kappa shape index (κ2) is 12.4. The number of aliphatic imine (C=N–C) groups is 2. The van der Waals surface area contributed by atoms with Gasteiger partial charge >= 0.3 is 0 Å². The quantitative estimate of drug-likeness (QED) is 0.114. The molecule has 0 aliphatic heterocycles. The van der Waals surface area contributed by atoms with Gasteiger partial charge in [-0.15, -0.1) is 0 Å². The van der Waals surface area contributed by atoms with E-state index in [2.05, 4.69) is 144 Å². The van der Waals surface area contributed by atoms with Crippen LogP contribution in [0.1, 0.15) is 24.6 Å². The van der Waals surface area contributed by atoms with Crippen LogP contribution in [0.15, 0.2) is 179 Å². The number of benzene rings is 4. The molecule has 0 bridgehead atoms. The van der Waals surface area contributed by atoms with Crippen molar-refractivity contribution in [2.45, 2.75) is 26.4 Å². The largest absolute Gasteiger partial charge is 0.323 e. The lowest BCUT2D eigenvalue weighted by Gasteiger charge is -2.20. The van der Waals surface area contributed by atoms with Crippen LogP contribution < -0.4 is 0 Å². The summed E-state index contributed by atoms with van der Waals surface area (Å²) in [6, 6.07) is 24.7. The summed E-state index contributed by atoms with van der Waals surface area (Å²) < 4.78 is 4.98. The maximum atomic E-state index is 5.54. The maximum absolute atomic E-state index is 5.54. The van der Waals surface area contributed by atoms with Crippen LogP contribution in [0.25, 0.3) is 65.8 Å². The SMILES string of the molecule is C=C/C=C(C=C)/C(N=C)=C1\C=CC(C=C)=C(/C=C\C)\C1=N\Cn1c2c(c3ccc4ccc5c6cccc7c8ccccc8n(c76)c5c4c31)C=CCC2. The van der Waals surface area contributed by atoms with E-state index in [1.165, 1.54) is 71.0 Å². The Bertz CT molecular complexity index is 2940. The first-order valence-electron chi connectivity index (χ1n) is 17.8. The van der Waals surface area contributed by atoms with E-state index in [9.17, 15) is 0 Å². The summed E-state index contributed by atoms with van der Waals surface area (Å²) in [5, 5.41) is 8.83. The van der Waals surface area contributed by atoms with Gasteiger partial charge in [0.25, 0.3) is 0 Å². The molecule has 0 spiro atoms. The van der Waals surface area contributed by atoms with Crippen molar-refractivity contribution in [3.05, 3.63) is 180 Å². The van der Waals surface area contributed by atoms with Crippen molar-refractivity contribution in [1.82, 2.24) is 8.97 Å². The highest BCUT2D eigenvalue weighted by atomic mass is 15.1. The van der Waals surface area contributed by atoms with E-state index in [0.717, 1.165) is 40.8 Å². The third-order valence-corrected chi connectivity index (χ3v) is 10.7. The number of rotatable bonds is 8. The topological polar surface area (TPSA) is 34.1 Å². The van der Waals surface area contributed by atoms with Crippen LogP contribution in [0.4, 0.5) is 0 Å². The molecule has 2 aliphatic carbocycles. The fourth-order valence-electron chi connectivity index (χ4n) is 8.61. The molecule has 4 heteroatoms. The number of aromatic nitrogens is 2. The van der Waals surface area contributed by atoms with E-state index in [1.54, 1.807) is 12.2 Å². The Morgan fingerprint density at radius 3 is 2.37 bits per heavy atom. The number of hydrogen-bond acceptors (Lipinski definition) is 2. The van der Waals surface area contributed by atoms with Crippen LogP contribution in [0.2, 0.25) is 0 Å². The lowest BCUT2D eigenvalue weighted by molar-refractivity contribution is 0.709. The Kier molecular flexibility index (Phi) is 7.48. The van der Waals surface area contributed by atoms with Gasteiger partial charge < -0.3 is 8.97 Å². The Morgan fingerprint density at radius 1 is 0.827 bits per heavy atom. The molecule has 9 rings (SSSR count). The summed E-state index contributed by atoms with van der Waals surface area (Å²) in [7, 11) is 0. The molecule has 0 radical (unpaired) electrons. The highest BCUT2D eigenvalue weighted by Gasteiger charge is 2.25. The predicted molar refractivity (Wildman–Crippen MR) is 225 cm³/mol. The average Bonchev–Trinajstić information content (AvgIpc) is 3.82. The highest BCUT2D eigenvalue weighted by Crippen LogP contribution is 2.45. The second-order valence-electron chi connectivity index (χ2n) is 13.3. The van der Waals surface area contributed by atoms with Gasteiger partial charge in [0, 0.05) is 60.3 Å². The fourth-order valence-corrected chi connectivity index (χ4v) is 8.61. The molecule has 7 aromatic rings. The molecule has 0 atom stereocenters. The van der Waals surface area contributed by atoms with Crippen molar-refractivity contribution < 1.29 is 0 Å². The first kappa shape index (κ1) is 31.5. The third kappa shape index (κ3) is 4.40. The number of hydrogen-bond donors (Lipinski definition) is 0. The van der Waals surface area contributed by atoms with Crippen molar-refractivity contribution in [1.29, 1.82) is 0 Å². The molecule has 52 heavy (non-hydrogen) atoms. The summed E-state index contributed by atoms with van der Waals surface area (Å²) >= 11 is 0. The van der Waals surface area contributed by atoms with Gasteiger partial charge in [-0.25, -0.2) is 0 Å². The normalized spacial score (nSPS) is 16.9. The fraction of sp³-hybridized carbons (Fsp3) is 0.0833. The van der Waals surface area contributed by atoms with Crippen molar-refractivity contribution in [2.75, 3.05) is 0 Å². The molecule has 4 aromatic carbocycles. The molecule has 250 valence electrons. The average molecular weight is 671 g/mol. The standard InChI is InChI=1S/C48H38N4/c1-6-15-31(9-4)44(49-5)40-28-23-30(8-3)33(16-7-2)45(40)50-29-51-41-21-12-10-17-34(41)38-26-24-32-25-27-39-37-20-14-19-36-35-18-11-13-22-42(35)52(46(36)37)48(39)43(32)47(38)51/h6-11,13-20,22-28H,1,3-5,12,21,29H2,2H3/b16-7-,31-15+,44-40-,50-45-. The minimum absolute atomic E-state index is 0.425. The van der Waals surface area contributed by atoms with E-state index < -0.39 is 0 Å². The van der Waals surface area contributed by atoms with E-state index in [0.29, 0.717) is 12.4 Å². The minimum Gasteiger partial charge on any atom is -0.323 e. The first-order valence-corrected chi connectivity index (χ1v) is 17.8. The highest BCUT2D eigenvalue weighted by molar-refractivity contribution is 6.30. The van der Waals surface area contributed by atoms with Crippen LogP contribution in [0.3, 0.4) is 0 Å². The maximum Gasteiger partial charge on any atom is 0.115 e. The zero-order valence-electron chi connectivity index (χ0n) is 29.4. The third-order valence-electron chi connectivity index (χ3n) is 10.7. The molecular formula is C48H38N4. The molecule has 3 aromatic heterocycles. The van der Waals surface area contributed by atoms with Crippen LogP contribution >= 0.6 is 0 Å². The van der Waals surface area contributed by atoms with Crippen molar-refractivity contribution in [3.63, 3.8) is 0 Å². The van der Waals surface area contributed by atoms with Gasteiger partial charge in [0.1, 0.15) is 6.67 Å². The van der Waals surface area contributed by atoms with Gasteiger partial charge in [-0.05, 0) is 49.6 Å². The van der Waals surface area contributed by atoms with E-state index in [-0.39, 0.29) is 0 Å². The number of fused-ring (bicyclic) bond motifs is 12. The van der Waals surface area contributed by atoms with Crippen molar-refractivity contribution in [2.24, 2.45) is 9.98 Å². The Morgan fingerprint density at radius 2 is 1.60 bits per heavy atom. The van der Waals surface area contributed by atoms with Crippen molar-refractivity contribution in [3.8, 4) is 0 Å². The van der Waals surface area contributed by atoms with Crippen LogP contribution in [0.5, 0.6) is 0 Å². The molecule has 2 aliphatic rings. The molecule has 0 fully saturated rings. The second-order valence-corrected chi connectivity index (χ2v) is 13.3. The van der Waals surface area contributed by atoms with Gasteiger partial charge in [-0.3, -0.25) is 9.98 Å². The van der Waals surface area contributed by atoms with Gasteiger partial charge in [-0.1, -0.05) is 135 Å². The Balaban J connectivity index is 1.40. The van der Waals surface area contributed by atoms with Gasteiger partial charge in [0.2, 0.25) is 0 Å². The molecule has 0 N–H and O–H groups in total. The Hall–Kier alpha value is -6.52. The van der Waals surface area contributed by atoms with E-state index in [4.69, 9.17) is 4.99 Å². The molecule has 4 nitrogen and oxygen atoms in total. The first-order chi connectivity index (χ1) is 25.6.